The number of carbonyl (C=O) groups excluding carboxylic acids is 2. The second-order valence-corrected chi connectivity index (χ2v) is 19.7. The Morgan fingerprint density at radius 2 is 1.19 bits per heavy atom. The summed E-state index contributed by atoms with van der Waals surface area (Å²) in [6, 6.07) is 0. The van der Waals surface area contributed by atoms with E-state index in [1.165, 1.54) is 83.5 Å². The fourth-order valence-corrected chi connectivity index (χ4v) is 8.80. The van der Waals surface area contributed by atoms with Gasteiger partial charge >= 0.3 is 19.8 Å². The third-order valence-electron chi connectivity index (χ3n) is 12.4. The predicted molar refractivity (Wildman–Crippen MR) is 257 cm³/mol. The van der Waals surface area contributed by atoms with Crippen LogP contribution in [0.25, 0.3) is 0 Å². The molecule has 3 atom stereocenters. The van der Waals surface area contributed by atoms with Crippen molar-refractivity contribution in [2.45, 2.75) is 239 Å². The highest BCUT2D eigenvalue weighted by molar-refractivity contribution is 7.47. The molecule has 0 radical (unpaired) electrons. The van der Waals surface area contributed by atoms with Gasteiger partial charge in [0.1, 0.15) is 23.7 Å². The lowest BCUT2D eigenvalue weighted by molar-refractivity contribution is -0.161. The zero-order chi connectivity index (χ0) is 46.2. The number of hydrogen-bond donors (Lipinski definition) is 2. The molecule has 0 aromatic heterocycles. The minimum Gasteiger partial charge on any atom is -0.507 e. The predicted octanol–water partition coefficient (Wildman–Crippen LogP) is 14.7. The lowest BCUT2D eigenvalue weighted by Crippen LogP contribution is -2.38. The number of benzene rings is 1. The summed E-state index contributed by atoms with van der Waals surface area (Å²) in [4.78, 5) is 36.2. The van der Waals surface area contributed by atoms with E-state index in [0.717, 1.165) is 92.2 Å². The molecule has 1 aliphatic rings. The van der Waals surface area contributed by atoms with Crippen LogP contribution in [0.3, 0.4) is 0 Å². The first-order valence-electron chi connectivity index (χ1n) is 25.1. The molecule has 0 saturated carbocycles. The molecular formula is C52H89O10P. The van der Waals surface area contributed by atoms with Crippen molar-refractivity contribution in [3.8, 4) is 11.5 Å². The van der Waals surface area contributed by atoms with E-state index in [1.54, 1.807) is 0 Å². The van der Waals surface area contributed by atoms with E-state index in [1.807, 2.05) is 27.7 Å². The Labute approximate surface area is 383 Å². The summed E-state index contributed by atoms with van der Waals surface area (Å²) >= 11 is 0. The lowest BCUT2D eigenvalue weighted by Gasteiger charge is -2.38. The van der Waals surface area contributed by atoms with E-state index in [-0.39, 0.29) is 31.8 Å². The van der Waals surface area contributed by atoms with Crippen molar-refractivity contribution in [3.63, 3.8) is 0 Å². The van der Waals surface area contributed by atoms with Gasteiger partial charge in [-0.2, -0.15) is 0 Å². The van der Waals surface area contributed by atoms with E-state index >= 15 is 0 Å². The van der Waals surface area contributed by atoms with Gasteiger partial charge in [0.2, 0.25) is 0 Å². The lowest BCUT2D eigenvalue weighted by atomic mass is 9.86. The highest BCUT2D eigenvalue weighted by Gasteiger charge is 2.36. The Balaban J connectivity index is 1.78. The van der Waals surface area contributed by atoms with Crippen LogP contribution in [-0.4, -0.2) is 53.5 Å². The molecule has 11 heteroatoms. The van der Waals surface area contributed by atoms with Gasteiger partial charge in [-0.3, -0.25) is 18.6 Å². The maximum Gasteiger partial charge on any atom is 0.472 e. The number of esters is 2. The zero-order valence-electron chi connectivity index (χ0n) is 40.6. The normalized spacial score (nSPS) is 16.6. The van der Waals surface area contributed by atoms with Gasteiger partial charge in [0.15, 0.2) is 6.10 Å². The first-order chi connectivity index (χ1) is 30.3. The molecule has 10 nitrogen and oxygen atoms in total. The van der Waals surface area contributed by atoms with Gasteiger partial charge in [0.25, 0.3) is 0 Å². The maximum atomic E-state index is 13.0. The molecule has 0 saturated heterocycles. The maximum absolute atomic E-state index is 13.0. The second-order valence-electron chi connectivity index (χ2n) is 18.2. The summed E-state index contributed by atoms with van der Waals surface area (Å²) in [7, 11) is -4.56. The summed E-state index contributed by atoms with van der Waals surface area (Å²) < 4.78 is 41.3. The van der Waals surface area contributed by atoms with Crippen LogP contribution in [-0.2, 0) is 39.1 Å². The molecule has 2 N–H and O–H groups in total. The van der Waals surface area contributed by atoms with E-state index in [9.17, 15) is 24.2 Å². The minimum absolute atomic E-state index is 0.111. The number of allylic oxidation sites excluding steroid dienone is 4. The molecule has 1 aromatic carbocycles. The number of unbranched alkanes of at least 4 members (excludes halogenated alkanes) is 20. The van der Waals surface area contributed by atoms with Crippen LogP contribution >= 0.6 is 7.82 Å². The summed E-state index contributed by atoms with van der Waals surface area (Å²) in [6.45, 7) is 11.2. The highest BCUT2D eigenvalue weighted by atomic mass is 31.2. The third-order valence-corrected chi connectivity index (χ3v) is 13.4. The molecule has 0 bridgehead atoms. The van der Waals surface area contributed by atoms with E-state index in [4.69, 9.17) is 23.3 Å². The quantitative estimate of drug-likeness (QED) is 0.0285. The first kappa shape index (κ1) is 56.5. The van der Waals surface area contributed by atoms with Crippen molar-refractivity contribution in [2.24, 2.45) is 0 Å². The van der Waals surface area contributed by atoms with Crippen molar-refractivity contribution in [3.05, 3.63) is 46.6 Å². The molecular weight excluding hydrogens is 816 g/mol. The summed E-state index contributed by atoms with van der Waals surface area (Å²) in [5.41, 5.74) is 2.77. The number of phenolic OH excluding ortho intramolecular Hbond substituents is 1. The number of aromatic hydroxyl groups is 1. The van der Waals surface area contributed by atoms with Crippen LogP contribution in [0.15, 0.2) is 24.3 Å². The Hall–Kier alpha value is -2.65. The van der Waals surface area contributed by atoms with Gasteiger partial charge in [-0.1, -0.05) is 147 Å². The molecule has 2 rings (SSSR count). The number of carbonyl (C=O) groups is 2. The van der Waals surface area contributed by atoms with E-state index < -0.39 is 38.1 Å². The monoisotopic (exact) mass is 905 g/mol. The number of phosphoric acid groups is 1. The summed E-state index contributed by atoms with van der Waals surface area (Å²) in [6.07, 6.45) is 37.6. The van der Waals surface area contributed by atoms with Gasteiger partial charge in [0, 0.05) is 24.8 Å². The SMILES string of the molecule is CCCCC/C=C\C/C=C\CCCCCCCC(=O)O[C@H](COC(=O)CCCCCCCCCCCCCCC)COP(=O)(O)OCCC1(C)CCc2c(C)c(O)c(C)c(C)c2O1. The third kappa shape index (κ3) is 25.6. The van der Waals surface area contributed by atoms with Crippen LogP contribution in [0.2, 0.25) is 0 Å². The fraction of sp³-hybridized carbons (Fsp3) is 0.769. The van der Waals surface area contributed by atoms with Crippen LogP contribution < -0.4 is 4.74 Å². The van der Waals surface area contributed by atoms with Crippen LogP contribution in [0.1, 0.15) is 223 Å². The van der Waals surface area contributed by atoms with E-state index in [2.05, 4.69) is 38.2 Å². The fourth-order valence-electron chi connectivity index (χ4n) is 8.05. The van der Waals surface area contributed by atoms with Crippen molar-refractivity contribution >= 4 is 19.8 Å². The molecule has 63 heavy (non-hydrogen) atoms. The minimum atomic E-state index is -4.56. The average molecular weight is 905 g/mol. The number of phenols is 1. The topological polar surface area (TPSA) is 138 Å². The molecule has 2 unspecified atom stereocenters. The molecule has 1 aromatic rings. The number of hydrogen-bond acceptors (Lipinski definition) is 9. The summed E-state index contributed by atoms with van der Waals surface area (Å²) in [5, 5.41) is 10.5. The van der Waals surface area contributed by atoms with E-state index in [0.29, 0.717) is 25.7 Å². The molecule has 1 aliphatic heterocycles. The number of rotatable bonds is 38. The summed E-state index contributed by atoms with van der Waals surface area (Å²) in [5.74, 6) is 0.171. The van der Waals surface area contributed by atoms with Gasteiger partial charge in [-0.25, -0.2) is 4.57 Å². The Morgan fingerprint density at radius 1 is 0.683 bits per heavy atom. The Morgan fingerprint density at radius 3 is 1.78 bits per heavy atom. The van der Waals surface area contributed by atoms with Gasteiger partial charge < -0.3 is 24.2 Å². The Bertz CT molecular complexity index is 1520. The van der Waals surface area contributed by atoms with Gasteiger partial charge in [-0.15, -0.1) is 0 Å². The highest BCUT2D eigenvalue weighted by Crippen LogP contribution is 2.46. The number of fused-ring (bicyclic) bond motifs is 1. The first-order valence-corrected chi connectivity index (χ1v) is 26.6. The van der Waals surface area contributed by atoms with Crippen LogP contribution in [0.4, 0.5) is 0 Å². The van der Waals surface area contributed by atoms with Gasteiger partial charge in [-0.05, 0) is 102 Å². The number of ether oxygens (including phenoxy) is 3. The van der Waals surface area contributed by atoms with Crippen molar-refractivity contribution in [2.75, 3.05) is 19.8 Å². The molecule has 0 spiro atoms. The van der Waals surface area contributed by atoms with Crippen LogP contribution in [0.5, 0.6) is 11.5 Å². The second kappa shape index (κ2) is 33.8. The zero-order valence-corrected chi connectivity index (χ0v) is 41.5. The largest absolute Gasteiger partial charge is 0.507 e. The van der Waals surface area contributed by atoms with Crippen LogP contribution in [0, 0.1) is 20.8 Å². The van der Waals surface area contributed by atoms with Crippen molar-refractivity contribution < 1.29 is 47.4 Å². The standard InChI is InChI=1S/C52H89O10P/c1-7-9-11-13-15-17-19-21-22-24-26-28-30-32-34-36-49(54)61-46(41-58-48(53)35-33-31-29-27-25-23-20-18-16-14-12-10-8-2)42-60-63(56,57)59-40-39-52(6)38-37-47-45(5)50(55)43(3)44(4)51(47)62-52/h15,17,21-22,46,55H,7-14,16,18-20,23-42H2,1-6H3,(H,56,57)/b17-15-,22-21-/t46-,52?/m1/s1. The molecule has 1 heterocycles. The number of phosphoric ester groups is 1. The molecule has 0 amide bonds. The average Bonchev–Trinajstić information content (AvgIpc) is 3.25. The smallest absolute Gasteiger partial charge is 0.472 e. The van der Waals surface area contributed by atoms with Gasteiger partial charge in [0.05, 0.1) is 13.2 Å². The molecule has 0 aliphatic carbocycles. The Kier molecular flexibility index (Phi) is 30.3. The molecule has 362 valence electrons. The van der Waals surface area contributed by atoms with Crippen molar-refractivity contribution in [1.82, 2.24) is 0 Å². The van der Waals surface area contributed by atoms with Crippen molar-refractivity contribution in [1.29, 1.82) is 0 Å². The molecule has 0 fully saturated rings.